The molecule has 0 aliphatic heterocycles. The minimum atomic E-state index is 0.0879. The first-order valence-electron chi connectivity index (χ1n) is 6.03. The molecule has 0 aromatic heterocycles. The maximum Gasteiger partial charge on any atom is 0.189 e. The molecule has 2 radical (unpaired) electrons. The maximum atomic E-state index is 12.2. The van der Waals surface area contributed by atoms with Gasteiger partial charge in [-0.15, -0.1) is 0 Å². The van der Waals surface area contributed by atoms with Crippen molar-refractivity contribution in [1.29, 1.82) is 0 Å². The van der Waals surface area contributed by atoms with Crippen molar-refractivity contribution in [3.8, 4) is 0 Å². The Morgan fingerprint density at radius 2 is 1.84 bits per heavy atom. The molecule has 0 heterocycles. The van der Waals surface area contributed by atoms with Gasteiger partial charge >= 0.3 is 0 Å². The Labute approximate surface area is 118 Å². The molecule has 3 rings (SSSR count). The Morgan fingerprint density at radius 3 is 2.58 bits per heavy atom. The van der Waals surface area contributed by atoms with E-state index in [-0.39, 0.29) is 5.78 Å². The van der Waals surface area contributed by atoms with Gasteiger partial charge in [0, 0.05) is 22.6 Å². The van der Waals surface area contributed by atoms with E-state index in [1.54, 1.807) is 12.1 Å². The number of hydrogen-bond donors (Lipinski definition) is 0. The van der Waals surface area contributed by atoms with Crippen LogP contribution >= 0.6 is 11.6 Å². The van der Waals surface area contributed by atoms with Crippen LogP contribution < -0.4 is 5.46 Å². The minimum absolute atomic E-state index is 0.0879. The van der Waals surface area contributed by atoms with Gasteiger partial charge < -0.3 is 0 Å². The van der Waals surface area contributed by atoms with Crippen molar-refractivity contribution in [3.05, 3.63) is 69.8 Å². The molecule has 0 saturated carbocycles. The SMILES string of the molecule is [B]c1ccc2c(c1)C/C(=C\c1ccc(Cl)cc1)C2=O. The largest absolute Gasteiger partial charge is 0.289 e. The second-order valence-electron chi connectivity index (χ2n) is 4.64. The Hall–Kier alpha value is -1.80. The third-order valence-corrected chi connectivity index (χ3v) is 3.51. The van der Waals surface area contributed by atoms with Crippen molar-refractivity contribution < 1.29 is 4.79 Å². The third kappa shape index (κ3) is 2.36. The molecule has 2 aromatic rings. The van der Waals surface area contributed by atoms with E-state index in [0.717, 1.165) is 22.3 Å². The number of hydrogen-bond acceptors (Lipinski definition) is 1. The number of benzene rings is 2. The van der Waals surface area contributed by atoms with Crippen molar-refractivity contribution >= 4 is 36.8 Å². The molecule has 0 saturated heterocycles. The van der Waals surface area contributed by atoms with Gasteiger partial charge in [0.25, 0.3) is 0 Å². The zero-order valence-corrected chi connectivity index (χ0v) is 10.9. The minimum Gasteiger partial charge on any atom is -0.289 e. The lowest BCUT2D eigenvalue weighted by Crippen LogP contribution is -2.03. The summed E-state index contributed by atoms with van der Waals surface area (Å²) in [5.74, 6) is 0.0879. The predicted octanol–water partition coefficient (Wildman–Crippen LogP) is 2.96. The van der Waals surface area contributed by atoms with Crippen molar-refractivity contribution in [2.75, 3.05) is 0 Å². The predicted molar refractivity (Wildman–Crippen MR) is 79.3 cm³/mol. The highest BCUT2D eigenvalue weighted by atomic mass is 35.5. The van der Waals surface area contributed by atoms with Gasteiger partial charge in [-0.25, -0.2) is 0 Å². The van der Waals surface area contributed by atoms with Gasteiger partial charge in [0.1, 0.15) is 7.85 Å². The molecule has 0 unspecified atom stereocenters. The number of Topliss-reactive ketones (excluding diaryl/α,β-unsaturated/α-hetero) is 1. The van der Waals surface area contributed by atoms with Crippen LogP contribution in [-0.2, 0) is 6.42 Å². The molecule has 0 fully saturated rings. The van der Waals surface area contributed by atoms with Gasteiger partial charge in [-0.05, 0) is 29.3 Å². The lowest BCUT2D eigenvalue weighted by molar-refractivity contribution is 0.104. The molecular weight excluding hydrogens is 254 g/mol. The highest BCUT2D eigenvalue weighted by molar-refractivity contribution is 6.32. The van der Waals surface area contributed by atoms with Crippen LogP contribution in [0.2, 0.25) is 5.02 Å². The summed E-state index contributed by atoms with van der Waals surface area (Å²) in [5, 5.41) is 0.691. The highest BCUT2D eigenvalue weighted by Gasteiger charge is 2.24. The molecule has 0 spiro atoms. The van der Waals surface area contributed by atoms with Gasteiger partial charge in [-0.3, -0.25) is 4.79 Å². The van der Waals surface area contributed by atoms with Crippen molar-refractivity contribution in [2.24, 2.45) is 0 Å². The Kier molecular flexibility index (Phi) is 3.04. The molecule has 1 aliphatic carbocycles. The highest BCUT2D eigenvalue weighted by Crippen LogP contribution is 2.27. The molecule has 2 aromatic carbocycles. The number of rotatable bonds is 1. The first-order valence-corrected chi connectivity index (χ1v) is 6.40. The second-order valence-corrected chi connectivity index (χ2v) is 5.08. The summed E-state index contributed by atoms with van der Waals surface area (Å²) in [6, 6.07) is 12.9. The number of carbonyl (C=O) groups is 1. The molecule has 1 nitrogen and oxygen atoms in total. The summed E-state index contributed by atoms with van der Waals surface area (Å²) in [5.41, 5.74) is 4.23. The fourth-order valence-electron chi connectivity index (χ4n) is 2.32. The summed E-state index contributed by atoms with van der Waals surface area (Å²) in [7, 11) is 5.75. The normalized spacial score (nSPS) is 15.8. The second kappa shape index (κ2) is 4.71. The standard InChI is InChI=1S/C16H10BClO/c17-13-3-6-15-11(9-13)8-12(16(15)19)7-10-1-4-14(18)5-2-10/h1-7,9H,8H2/b12-7+. The van der Waals surface area contributed by atoms with E-state index in [1.165, 1.54) is 0 Å². The summed E-state index contributed by atoms with van der Waals surface area (Å²) < 4.78 is 0. The lowest BCUT2D eigenvalue weighted by atomic mass is 9.93. The van der Waals surface area contributed by atoms with E-state index in [1.807, 2.05) is 36.4 Å². The molecule has 0 amide bonds. The number of allylic oxidation sites excluding steroid dienone is 1. The van der Waals surface area contributed by atoms with Crippen LogP contribution in [0.5, 0.6) is 0 Å². The van der Waals surface area contributed by atoms with E-state index >= 15 is 0 Å². The number of halogens is 1. The van der Waals surface area contributed by atoms with Gasteiger partial charge in [0.05, 0.1) is 0 Å². The van der Waals surface area contributed by atoms with Crippen LogP contribution in [0.4, 0.5) is 0 Å². The number of carbonyl (C=O) groups excluding carboxylic acids is 1. The van der Waals surface area contributed by atoms with Crippen LogP contribution in [0.25, 0.3) is 6.08 Å². The van der Waals surface area contributed by atoms with Crippen molar-refractivity contribution in [2.45, 2.75) is 6.42 Å². The lowest BCUT2D eigenvalue weighted by Gasteiger charge is -1.97. The first-order chi connectivity index (χ1) is 9.13. The van der Waals surface area contributed by atoms with Crippen LogP contribution in [0.3, 0.4) is 0 Å². The molecule has 1 aliphatic rings. The molecule has 3 heteroatoms. The van der Waals surface area contributed by atoms with Crippen LogP contribution in [0, 0.1) is 0 Å². The summed E-state index contributed by atoms with van der Waals surface area (Å²) >= 11 is 5.85. The zero-order chi connectivity index (χ0) is 13.4. The van der Waals surface area contributed by atoms with E-state index in [9.17, 15) is 4.79 Å². The van der Waals surface area contributed by atoms with E-state index in [4.69, 9.17) is 19.4 Å². The number of ketones is 1. The smallest absolute Gasteiger partial charge is 0.189 e. The molecule has 0 bridgehead atoms. The Morgan fingerprint density at radius 1 is 1.11 bits per heavy atom. The fraction of sp³-hybridized carbons (Fsp3) is 0.0625. The molecular formula is C16H10BClO. The molecule has 19 heavy (non-hydrogen) atoms. The molecule has 0 atom stereocenters. The van der Waals surface area contributed by atoms with E-state index in [2.05, 4.69) is 0 Å². The molecule has 90 valence electrons. The van der Waals surface area contributed by atoms with Gasteiger partial charge in [0.15, 0.2) is 5.78 Å². The van der Waals surface area contributed by atoms with Crippen molar-refractivity contribution in [1.82, 2.24) is 0 Å². The monoisotopic (exact) mass is 264 g/mol. The summed E-state index contributed by atoms with van der Waals surface area (Å²) in [6.45, 7) is 0. The Balaban J connectivity index is 1.97. The third-order valence-electron chi connectivity index (χ3n) is 3.26. The van der Waals surface area contributed by atoms with E-state index < -0.39 is 0 Å². The van der Waals surface area contributed by atoms with Crippen molar-refractivity contribution in [3.63, 3.8) is 0 Å². The van der Waals surface area contributed by atoms with Gasteiger partial charge in [0.2, 0.25) is 0 Å². The summed E-state index contributed by atoms with van der Waals surface area (Å²) in [6.07, 6.45) is 2.55. The average molecular weight is 265 g/mol. The Bertz CT molecular complexity index is 686. The van der Waals surface area contributed by atoms with Crippen LogP contribution in [0.15, 0.2) is 48.0 Å². The number of fused-ring (bicyclic) bond motifs is 1. The topological polar surface area (TPSA) is 17.1 Å². The van der Waals surface area contributed by atoms with Crippen LogP contribution in [-0.4, -0.2) is 13.6 Å². The van der Waals surface area contributed by atoms with Crippen LogP contribution in [0.1, 0.15) is 21.5 Å². The first kappa shape index (κ1) is 12.2. The average Bonchev–Trinajstić information content (AvgIpc) is 2.68. The quantitative estimate of drug-likeness (QED) is 0.572. The zero-order valence-electron chi connectivity index (χ0n) is 10.2. The fourth-order valence-corrected chi connectivity index (χ4v) is 2.44. The maximum absolute atomic E-state index is 12.2. The van der Waals surface area contributed by atoms with Gasteiger partial charge in [-0.1, -0.05) is 47.4 Å². The molecule has 0 N–H and O–H groups in total. The summed E-state index contributed by atoms with van der Waals surface area (Å²) in [4.78, 5) is 12.2. The van der Waals surface area contributed by atoms with E-state index in [0.29, 0.717) is 16.9 Å². The van der Waals surface area contributed by atoms with Gasteiger partial charge in [-0.2, -0.15) is 0 Å².